The number of nitrogens with zero attached hydrogens (tertiary/aromatic N) is 1. The Labute approximate surface area is 183 Å². The number of carbonyl (C=O) groups is 2. The first-order valence-electron chi connectivity index (χ1n) is 9.13. The molecular formula is C23H17NO4S2. The van der Waals surface area contributed by atoms with E-state index in [0.29, 0.717) is 26.3 Å². The number of aryl methyl sites for hydroxylation is 2. The van der Waals surface area contributed by atoms with Gasteiger partial charge in [-0.25, -0.2) is 4.79 Å². The van der Waals surface area contributed by atoms with Crippen LogP contribution in [0.4, 0.5) is 5.69 Å². The highest BCUT2D eigenvalue weighted by molar-refractivity contribution is 8.27. The lowest BCUT2D eigenvalue weighted by Gasteiger charge is -2.16. The molecule has 1 fully saturated rings. The minimum atomic E-state index is -0.997. The van der Waals surface area contributed by atoms with Gasteiger partial charge in [-0.15, -0.1) is 0 Å². The van der Waals surface area contributed by atoms with Crippen LogP contribution < -0.4 is 4.90 Å². The molecule has 1 saturated heterocycles. The monoisotopic (exact) mass is 435 g/mol. The summed E-state index contributed by atoms with van der Waals surface area (Å²) in [6.45, 7) is 3.82. The number of anilines is 1. The maximum Gasteiger partial charge on any atom is 0.335 e. The number of carboxylic acid groups (broad SMARTS) is 1. The van der Waals surface area contributed by atoms with Crippen LogP contribution in [0.2, 0.25) is 0 Å². The van der Waals surface area contributed by atoms with Crippen molar-refractivity contribution in [3.8, 4) is 11.3 Å². The molecule has 0 atom stereocenters. The van der Waals surface area contributed by atoms with Crippen molar-refractivity contribution in [2.24, 2.45) is 0 Å². The number of amides is 1. The molecule has 7 heteroatoms. The van der Waals surface area contributed by atoms with Gasteiger partial charge in [0.1, 0.15) is 11.5 Å². The Morgan fingerprint density at radius 3 is 2.60 bits per heavy atom. The van der Waals surface area contributed by atoms with Crippen molar-refractivity contribution in [3.05, 3.63) is 82.0 Å². The van der Waals surface area contributed by atoms with Gasteiger partial charge in [-0.05, 0) is 55.3 Å². The second kappa shape index (κ2) is 7.93. The Hall–Kier alpha value is -3.16. The maximum absolute atomic E-state index is 13.0. The van der Waals surface area contributed by atoms with Gasteiger partial charge in [0, 0.05) is 11.6 Å². The molecule has 0 bridgehead atoms. The molecule has 0 aliphatic carbocycles. The summed E-state index contributed by atoms with van der Waals surface area (Å²) >= 11 is 6.66. The van der Waals surface area contributed by atoms with Crippen molar-refractivity contribution < 1.29 is 19.1 Å². The Bertz CT molecular complexity index is 1230. The molecule has 1 aliphatic rings. The van der Waals surface area contributed by atoms with E-state index in [1.807, 2.05) is 38.1 Å². The summed E-state index contributed by atoms with van der Waals surface area (Å²) < 4.78 is 6.37. The Kier molecular flexibility index (Phi) is 5.32. The Balaban J connectivity index is 1.65. The average molecular weight is 436 g/mol. The standard InChI is InChI=1S/C23H17NO4S2/c1-13-7-8-15(22(26)27)11-17(13)19-10-9-16(28-19)12-20-21(25)24(23(29)30-20)18-6-4-3-5-14(18)2/h3-12H,1-2H3,(H,26,27)/b20-12-. The summed E-state index contributed by atoms with van der Waals surface area (Å²) in [5, 5.41) is 9.24. The van der Waals surface area contributed by atoms with E-state index < -0.39 is 5.97 Å². The van der Waals surface area contributed by atoms with Crippen LogP contribution in [-0.4, -0.2) is 21.3 Å². The van der Waals surface area contributed by atoms with Crippen LogP contribution in [0, 0.1) is 13.8 Å². The molecule has 2 heterocycles. The molecule has 0 spiro atoms. The first-order chi connectivity index (χ1) is 14.3. The summed E-state index contributed by atoms with van der Waals surface area (Å²) in [6, 6.07) is 16.0. The van der Waals surface area contributed by atoms with Crippen LogP contribution in [-0.2, 0) is 4.79 Å². The molecule has 3 aromatic rings. The summed E-state index contributed by atoms with van der Waals surface area (Å²) in [5.74, 6) is -0.157. The predicted octanol–water partition coefficient (Wildman–Crippen LogP) is 5.67. The molecule has 0 radical (unpaired) electrons. The SMILES string of the molecule is Cc1ccc(C(=O)O)cc1-c1ccc(/C=C2\SC(=S)N(c3ccccc3C)C2=O)o1. The van der Waals surface area contributed by atoms with Gasteiger partial charge in [0.25, 0.3) is 5.91 Å². The van der Waals surface area contributed by atoms with Crippen molar-refractivity contribution in [3.63, 3.8) is 0 Å². The van der Waals surface area contributed by atoms with Crippen molar-refractivity contribution in [2.45, 2.75) is 13.8 Å². The van der Waals surface area contributed by atoms with E-state index in [-0.39, 0.29) is 11.5 Å². The number of carbonyl (C=O) groups excluding carboxylic acids is 1. The molecule has 2 aromatic carbocycles. The molecule has 150 valence electrons. The number of para-hydroxylation sites is 1. The summed E-state index contributed by atoms with van der Waals surface area (Å²) in [6.07, 6.45) is 1.66. The summed E-state index contributed by atoms with van der Waals surface area (Å²) in [7, 11) is 0. The van der Waals surface area contributed by atoms with Gasteiger partial charge in [0.2, 0.25) is 0 Å². The zero-order valence-corrected chi connectivity index (χ0v) is 17.8. The number of hydrogen-bond donors (Lipinski definition) is 1. The minimum Gasteiger partial charge on any atom is -0.478 e. The molecule has 1 aromatic heterocycles. The Morgan fingerprint density at radius 1 is 1.10 bits per heavy atom. The molecule has 0 unspecified atom stereocenters. The number of carboxylic acids is 1. The third kappa shape index (κ3) is 3.69. The molecule has 0 saturated carbocycles. The van der Waals surface area contributed by atoms with Gasteiger partial charge in [-0.1, -0.05) is 48.2 Å². The average Bonchev–Trinajstić information content (AvgIpc) is 3.27. The lowest BCUT2D eigenvalue weighted by Crippen LogP contribution is -2.28. The first-order valence-corrected chi connectivity index (χ1v) is 10.4. The third-order valence-corrected chi connectivity index (χ3v) is 6.10. The van der Waals surface area contributed by atoms with Crippen LogP contribution in [0.3, 0.4) is 0 Å². The van der Waals surface area contributed by atoms with Gasteiger partial charge in [0.15, 0.2) is 4.32 Å². The summed E-state index contributed by atoms with van der Waals surface area (Å²) in [5.41, 5.74) is 3.51. The van der Waals surface area contributed by atoms with E-state index >= 15 is 0 Å². The van der Waals surface area contributed by atoms with Crippen molar-refractivity contribution in [1.29, 1.82) is 0 Å². The molecule has 1 N–H and O–H groups in total. The van der Waals surface area contributed by atoms with Crippen molar-refractivity contribution in [1.82, 2.24) is 0 Å². The van der Waals surface area contributed by atoms with E-state index in [2.05, 4.69) is 0 Å². The van der Waals surface area contributed by atoms with Crippen LogP contribution in [0.25, 0.3) is 17.4 Å². The number of aromatic carboxylic acids is 1. The van der Waals surface area contributed by atoms with Crippen LogP contribution in [0.15, 0.2) is 63.9 Å². The van der Waals surface area contributed by atoms with Crippen LogP contribution in [0.1, 0.15) is 27.2 Å². The fraction of sp³-hybridized carbons (Fsp3) is 0.0870. The van der Waals surface area contributed by atoms with Gasteiger partial charge in [0.05, 0.1) is 16.2 Å². The number of furan rings is 1. The highest BCUT2D eigenvalue weighted by atomic mass is 32.2. The van der Waals surface area contributed by atoms with E-state index in [9.17, 15) is 14.7 Å². The second-order valence-electron chi connectivity index (χ2n) is 6.84. The van der Waals surface area contributed by atoms with E-state index in [0.717, 1.165) is 16.8 Å². The van der Waals surface area contributed by atoms with Gasteiger partial charge in [-0.2, -0.15) is 0 Å². The topological polar surface area (TPSA) is 70.8 Å². The third-order valence-electron chi connectivity index (χ3n) is 4.80. The number of hydrogen-bond acceptors (Lipinski definition) is 5. The smallest absolute Gasteiger partial charge is 0.335 e. The molecule has 4 rings (SSSR count). The maximum atomic E-state index is 13.0. The largest absolute Gasteiger partial charge is 0.478 e. The Morgan fingerprint density at radius 2 is 1.87 bits per heavy atom. The number of thioether (sulfide) groups is 1. The van der Waals surface area contributed by atoms with E-state index in [4.69, 9.17) is 16.6 Å². The van der Waals surface area contributed by atoms with E-state index in [1.54, 1.807) is 36.4 Å². The lowest BCUT2D eigenvalue weighted by molar-refractivity contribution is -0.113. The minimum absolute atomic E-state index is 0.188. The molecular weight excluding hydrogens is 418 g/mol. The first kappa shape index (κ1) is 20.1. The normalized spacial score (nSPS) is 15.3. The highest BCUT2D eigenvalue weighted by Crippen LogP contribution is 2.38. The number of benzene rings is 2. The number of rotatable bonds is 4. The number of thiocarbonyl (C=S) groups is 1. The summed E-state index contributed by atoms with van der Waals surface area (Å²) in [4.78, 5) is 26.2. The lowest BCUT2D eigenvalue weighted by atomic mass is 10.0. The van der Waals surface area contributed by atoms with Crippen LogP contribution in [0.5, 0.6) is 0 Å². The fourth-order valence-corrected chi connectivity index (χ4v) is 4.48. The second-order valence-corrected chi connectivity index (χ2v) is 8.52. The van der Waals surface area contributed by atoms with Gasteiger partial charge < -0.3 is 9.52 Å². The molecule has 1 amide bonds. The van der Waals surface area contributed by atoms with Crippen molar-refractivity contribution in [2.75, 3.05) is 4.90 Å². The quantitative estimate of drug-likeness (QED) is 0.421. The van der Waals surface area contributed by atoms with E-state index in [1.165, 1.54) is 16.7 Å². The molecule has 1 aliphatic heterocycles. The molecule has 30 heavy (non-hydrogen) atoms. The predicted molar refractivity (Wildman–Crippen MR) is 123 cm³/mol. The zero-order chi connectivity index (χ0) is 21.4. The fourth-order valence-electron chi connectivity index (χ4n) is 3.21. The van der Waals surface area contributed by atoms with Crippen molar-refractivity contribution >= 4 is 51.9 Å². The molecule has 5 nitrogen and oxygen atoms in total. The highest BCUT2D eigenvalue weighted by Gasteiger charge is 2.34. The van der Waals surface area contributed by atoms with Gasteiger partial charge in [-0.3, -0.25) is 9.69 Å². The van der Waals surface area contributed by atoms with Crippen LogP contribution >= 0.6 is 24.0 Å². The van der Waals surface area contributed by atoms with Gasteiger partial charge >= 0.3 is 5.97 Å². The zero-order valence-electron chi connectivity index (χ0n) is 16.2.